The van der Waals surface area contributed by atoms with Crippen molar-refractivity contribution in [3.8, 4) is 0 Å². The van der Waals surface area contributed by atoms with Gasteiger partial charge in [0.05, 0.1) is 102 Å². The molecule has 2 amide bonds. The number of aryl methyl sites for hydroxylation is 2. The van der Waals surface area contributed by atoms with Crippen molar-refractivity contribution in [2.75, 3.05) is 106 Å². The molecule has 0 atom stereocenters. The Bertz CT molecular complexity index is 2100. The molecule has 0 aliphatic carbocycles. The fraction of sp³-hybridized carbons (Fsp3) is 0.447. The number of aliphatic hydroxyl groups excluding tert-OH is 1. The standard InChI is InChI=1S/C23H31NO8S.C16H25NO6.C7H7ClO2S.CH4/c1-20-7-9-22(10-8-20)33(26,27)32-18-17-30-16-15-29-14-13-28-12-11-24-23(25)31-19-21-5-3-2-4-6-21;18-7-9-21-11-13-22-12-10-20-8-6-17-16(19)23-14-15-4-2-1-3-5-15;1-6-2-4-7(5-3-6)11(8,9)10;/h2-10H,11-19H2,1H3,(H,24,25);1-5,18H,6-14H2,(H,17,19);2-5H,1H3;1H4. The van der Waals surface area contributed by atoms with Crippen molar-refractivity contribution in [1.29, 1.82) is 0 Å². The molecular weight excluding hydrogens is 948 g/mol. The third-order valence-corrected chi connectivity index (χ3v) is 11.0. The van der Waals surface area contributed by atoms with Gasteiger partial charge < -0.3 is 53.6 Å². The van der Waals surface area contributed by atoms with Crippen LogP contribution in [0.2, 0.25) is 0 Å². The lowest BCUT2D eigenvalue weighted by molar-refractivity contribution is 0.00814. The van der Waals surface area contributed by atoms with Gasteiger partial charge in [-0.15, -0.1) is 0 Å². The monoisotopic (exact) mass is 1010 g/mol. The predicted octanol–water partition coefficient (Wildman–Crippen LogP) is 6.19. The molecule has 4 rings (SSSR count). The highest BCUT2D eigenvalue weighted by Gasteiger charge is 2.14. The first-order valence-electron chi connectivity index (χ1n) is 21.2. The Hall–Kier alpha value is -4.71. The molecule has 0 saturated carbocycles. The van der Waals surface area contributed by atoms with E-state index >= 15 is 0 Å². The van der Waals surface area contributed by atoms with Gasteiger partial charge in [-0.3, -0.25) is 4.18 Å². The van der Waals surface area contributed by atoms with E-state index in [2.05, 4.69) is 10.6 Å². The lowest BCUT2D eigenvalue weighted by Gasteiger charge is -2.09. The highest BCUT2D eigenvalue weighted by atomic mass is 35.7. The summed E-state index contributed by atoms with van der Waals surface area (Å²) in [5.41, 5.74) is 3.84. The van der Waals surface area contributed by atoms with Crippen LogP contribution in [0.1, 0.15) is 29.7 Å². The fourth-order valence-corrected chi connectivity index (χ4v) is 6.49. The molecule has 4 aromatic rings. The molecule has 0 aromatic heterocycles. The maximum absolute atomic E-state index is 12.0. The Morgan fingerprint density at radius 2 is 0.824 bits per heavy atom. The van der Waals surface area contributed by atoms with Crippen LogP contribution in [0.4, 0.5) is 9.59 Å². The number of hydrogen-bond donors (Lipinski definition) is 3. The van der Waals surface area contributed by atoms with Crippen molar-refractivity contribution in [2.45, 2.75) is 44.3 Å². The van der Waals surface area contributed by atoms with Crippen LogP contribution in [-0.4, -0.2) is 140 Å². The number of benzene rings is 4. The Morgan fingerprint density at radius 1 is 0.485 bits per heavy atom. The molecule has 4 aromatic carbocycles. The third kappa shape index (κ3) is 32.1. The van der Waals surface area contributed by atoms with Gasteiger partial charge >= 0.3 is 12.2 Å². The molecule has 0 aliphatic heterocycles. The van der Waals surface area contributed by atoms with Gasteiger partial charge in [0.1, 0.15) is 13.2 Å². The fourth-order valence-electron chi connectivity index (χ4n) is 4.82. The summed E-state index contributed by atoms with van der Waals surface area (Å²) < 4.78 is 92.1. The lowest BCUT2D eigenvalue weighted by Crippen LogP contribution is -2.28. The number of nitrogens with one attached hydrogen (secondary N) is 2. The molecule has 0 fully saturated rings. The Kier molecular flexibility index (Phi) is 34.4. The van der Waals surface area contributed by atoms with E-state index in [1.165, 1.54) is 24.3 Å². The van der Waals surface area contributed by atoms with Gasteiger partial charge in [-0.05, 0) is 49.2 Å². The summed E-state index contributed by atoms with van der Waals surface area (Å²) in [7, 11) is -2.24. The zero-order valence-corrected chi connectivity index (χ0v) is 40.3. The van der Waals surface area contributed by atoms with E-state index in [0.29, 0.717) is 85.8 Å². The number of halogens is 1. The van der Waals surface area contributed by atoms with Crippen LogP contribution in [0.25, 0.3) is 0 Å². The van der Waals surface area contributed by atoms with Crippen molar-refractivity contribution >= 4 is 42.0 Å². The number of carbonyl (C=O) groups is 2. The van der Waals surface area contributed by atoms with Crippen LogP contribution in [-0.2, 0) is 74.5 Å². The molecule has 0 unspecified atom stereocenters. The number of amides is 2. The van der Waals surface area contributed by atoms with Crippen LogP contribution in [0, 0.1) is 13.8 Å². The zero-order chi connectivity index (χ0) is 48.9. The highest BCUT2D eigenvalue weighted by Crippen LogP contribution is 2.15. The number of alkyl carbamates (subject to hydrolysis) is 2. The Labute approximate surface area is 406 Å². The lowest BCUT2D eigenvalue weighted by atomic mass is 10.2. The predicted molar refractivity (Wildman–Crippen MR) is 257 cm³/mol. The van der Waals surface area contributed by atoms with Gasteiger partial charge in [0, 0.05) is 23.8 Å². The van der Waals surface area contributed by atoms with Crippen LogP contribution >= 0.6 is 10.7 Å². The van der Waals surface area contributed by atoms with E-state index in [1.807, 2.05) is 74.5 Å². The van der Waals surface area contributed by atoms with Crippen molar-refractivity contribution in [1.82, 2.24) is 10.6 Å². The molecule has 0 radical (unpaired) electrons. The number of ether oxygens (including phenoxy) is 8. The summed E-state index contributed by atoms with van der Waals surface area (Å²) in [4.78, 5) is 23.3. The van der Waals surface area contributed by atoms with E-state index in [1.54, 1.807) is 24.3 Å². The van der Waals surface area contributed by atoms with Crippen molar-refractivity contribution < 1.29 is 73.6 Å². The quantitative estimate of drug-likeness (QED) is 0.0300. The summed E-state index contributed by atoms with van der Waals surface area (Å²) >= 11 is 0. The van der Waals surface area contributed by atoms with E-state index in [9.17, 15) is 26.4 Å². The molecule has 380 valence electrons. The van der Waals surface area contributed by atoms with E-state index < -0.39 is 31.4 Å². The average molecular weight is 1020 g/mol. The highest BCUT2D eigenvalue weighted by molar-refractivity contribution is 8.13. The first kappa shape index (κ1) is 61.3. The number of aliphatic hydroxyl groups is 1. The number of hydrogen-bond acceptors (Lipinski definition) is 16. The van der Waals surface area contributed by atoms with Gasteiger partial charge in [-0.1, -0.05) is 103 Å². The molecule has 0 spiro atoms. The topological polar surface area (TPSA) is 230 Å². The minimum atomic E-state index is -3.77. The first-order chi connectivity index (χ1) is 32.3. The molecular formula is C47H67ClN2O16S2. The van der Waals surface area contributed by atoms with Gasteiger partial charge in [-0.2, -0.15) is 8.42 Å². The summed E-state index contributed by atoms with van der Waals surface area (Å²) in [6.07, 6.45) is -0.957. The Balaban J connectivity index is 0.000000570. The summed E-state index contributed by atoms with van der Waals surface area (Å²) in [5, 5.41) is 13.7. The molecule has 18 nitrogen and oxygen atoms in total. The van der Waals surface area contributed by atoms with Gasteiger partial charge in [0.25, 0.3) is 19.2 Å². The smallest absolute Gasteiger partial charge is 0.407 e. The zero-order valence-electron chi connectivity index (χ0n) is 37.9. The molecule has 0 bridgehead atoms. The van der Waals surface area contributed by atoms with Gasteiger partial charge in [0.2, 0.25) is 0 Å². The SMILES string of the molecule is C.Cc1ccc(S(=O)(=O)Cl)cc1.Cc1ccc(S(=O)(=O)OCCOCCOCCOCCNC(=O)OCc2ccccc2)cc1.O=C(NCCOCCOCCOCCO)OCc1ccccc1. The summed E-state index contributed by atoms with van der Waals surface area (Å²) in [6, 6.07) is 31.7. The minimum absolute atomic E-state index is 0. The minimum Gasteiger partial charge on any atom is -0.445 e. The van der Waals surface area contributed by atoms with Crippen molar-refractivity contribution in [3.63, 3.8) is 0 Å². The van der Waals surface area contributed by atoms with Crippen molar-refractivity contribution in [3.05, 3.63) is 131 Å². The largest absolute Gasteiger partial charge is 0.445 e. The summed E-state index contributed by atoms with van der Waals surface area (Å²) in [5.74, 6) is 0. The summed E-state index contributed by atoms with van der Waals surface area (Å²) in [6.45, 7) is 9.32. The van der Waals surface area contributed by atoms with E-state index in [-0.39, 0.29) is 50.3 Å². The first-order valence-corrected chi connectivity index (χ1v) is 25.0. The number of rotatable bonds is 30. The molecule has 21 heteroatoms. The second-order valence-electron chi connectivity index (χ2n) is 13.7. The molecule has 0 saturated heterocycles. The maximum atomic E-state index is 12.0. The molecule has 3 N–H and O–H groups in total. The number of carbonyl (C=O) groups excluding carboxylic acids is 2. The normalized spacial score (nSPS) is 10.9. The van der Waals surface area contributed by atoms with Crippen LogP contribution in [0.5, 0.6) is 0 Å². The second-order valence-corrected chi connectivity index (χ2v) is 17.9. The van der Waals surface area contributed by atoms with Crippen LogP contribution in [0.15, 0.2) is 119 Å². The molecule has 68 heavy (non-hydrogen) atoms. The molecule has 0 aliphatic rings. The van der Waals surface area contributed by atoms with Crippen LogP contribution in [0.3, 0.4) is 0 Å². The third-order valence-electron chi connectivity index (χ3n) is 8.26. The van der Waals surface area contributed by atoms with E-state index in [4.69, 9.17) is 57.9 Å². The van der Waals surface area contributed by atoms with E-state index in [0.717, 1.165) is 22.3 Å². The Morgan fingerprint density at radius 3 is 1.19 bits per heavy atom. The second kappa shape index (κ2) is 38.2. The maximum Gasteiger partial charge on any atom is 0.407 e. The van der Waals surface area contributed by atoms with Crippen molar-refractivity contribution in [2.24, 2.45) is 0 Å². The van der Waals surface area contributed by atoms with Gasteiger partial charge in [0.15, 0.2) is 0 Å². The van der Waals surface area contributed by atoms with Crippen LogP contribution < -0.4 is 10.6 Å². The van der Waals surface area contributed by atoms with Gasteiger partial charge in [-0.25, -0.2) is 18.0 Å². The molecule has 0 heterocycles. The average Bonchev–Trinajstić information content (AvgIpc) is 3.32.